The lowest BCUT2D eigenvalue weighted by Crippen LogP contribution is -2.47. The molecule has 1 aliphatic heterocycles. The molecule has 2 aromatic heterocycles. The molecule has 34 heavy (non-hydrogen) atoms. The van der Waals surface area contributed by atoms with Gasteiger partial charge in [0.25, 0.3) is 5.91 Å². The fourth-order valence-electron chi connectivity index (χ4n) is 4.32. The Balaban J connectivity index is 1.73. The van der Waals surface area contributed by atoms with Crippen LogP contribution in [0.15, 0.2) is 41.8 Å². The molecule has 0 radical (unpaired) electrons. The number of rotatable bonds is 9. The number of thiophene rings is 1. The molecule has 0 atom stereocenters. The highest BCUT2D eigenvalue weighted by Crippen LogP contribution is 2.30. The van der Waals surface area contributed by atoms with Gasteiger partial charge in [0, 0.05) is 45.4 Å². The van der Waals surface area contributed by atoms with Crippen LogP contribution in [-0.4, -0.2) is 78.5 Å². The first-order valence-electron chi connectivity index (χ1n) is 11.6. The molecule has 3 aromatic rings. The second-order valence-electron chi connectivity index (χ2n) is 8.40. The summed E-state index contributed by atoms with van der Waals surface area (Å²) in [7, 11) is 1.64. The number of likely N-dealkylation sites (N-methyl/N-ethyl adjacent to an activating group) is 1. The monoisotopic (exact) mass is 485 g/mol. The Labute approximate surface area is 204 Å². The van der Waals surface area contributed by atoms with Gasteiger partial charge in [-0.15, -0.1) is 11.3 Å². The van der Waals surface area contributed by atoms with Gasteiger partial charge in [-0.3, -0.25) is 4.79 Å². The molecule has 1 saturated heterocycles. The minimum atomic E-state index is -0.302. The largest absolute Gasteiger partial charge is 0.383 e. The van der Waals surface area contributed by atoms with Crippen molar-refractivity contribution in [1.29, 1.82) is 0 Å². The fraction of sp³-hybridized carbons (Fsp3) is 0.440. The highest BCUT2D eigenvalue weighted by molar-refractivity contribution is 7.12. The van der Waals surface area contributed by atoms with Crippen molar-refractivity contribution < 1.29 is 13.9 Å². The van der Waals surface area contributed by atoms with E-state index < -0.39 is 0 Å². The topological polar surface area (TPSA) is 53.8 Å². The summed E-state index contributed by atoms with van der Waals surface area (Å²) < 4.78 is 21.2. The summed E-state index contributed by atoms with van der Waals surface area (Å²) in [5, 5.41) is 6.73. The smallest absolute Gasteiger partial charge is 0.264 e. The number of hydrogen-bond donors (Lipinski definition) is 0. The van der Waals surface area contributed by atoms with Gasteiger partial charge in [0.15, 0.2) is 0 Å². The van der Waals surface area contributed by atoms with Gasteiger partial charge in [0.2, 0.25) is 0 Å². The zero-order valence-corrected chi connectivity index (χ0v) is 20.9. The van der Waals surface area contributed by atoms with E-state index in [1.165, 1.54) is 23.5 Å². The third-order valence-electron chi connectivity index (χ3n) is 6.26. The molecule has 3 heterocycles. The molecule has 9 heteroatoms. The van der Waals surface area contributed by atoms with Gasteiger partial charge in [-0.05, 0) is 43.1 Å². The first-order valence-corrected chi connectivity index (χ1v) is 12.5. The Hall–Kier alpha value is -2.75. The van der Waals surface area contributed by atoms with Crippen molar-refractivity contribution in [3.63, 3.8) is 0 Å². The van der Waals surface area contributed by atoms with E-state index in [4.69, 9.17) is 9.84 Å². The van der Waals surface area contributed by atoms with Gasteiger partial charge in [0.1, 0.15) is 11.6 Å². The van der Waals surface area contributed by atoms with Crippen molar-refractivity contribution in [2.75, 3.05) is 57.9 Å². The Morgan fingerprint density at radius 3 is 2.65 bits per heavy atom. The molecule has 0 bridgehead atoms. The van der Waals surface area contributed by atoms with Crippen LogP contribution >= 0.6 is 11.3 Å². The molecule has 0 unspecified atom stereocenters. The fourth-order valence-corrected chi connectivity index (χ4v) is 5.01. The number of benzene rings is 1. The normalized spacial score (nSPS) is 14.5. The van der Waals surface area contributed by atoms with Gasteiger partial charge in [-0.1, -0.05) is 19.1 Å². The number of ether oxygens (including phenoxy) is 1. The molecule has 1 fully saturated rings. The lowest BCUT2D eigenvalue weighted by atomic mass is 10.1. The van der Waals surface area contributed by atoms with Crippen LogP contribution in [0.3, 0.4) is 0 Å². The number of piperazine rings is 1. The van der Waals surface area contributed by atoms with Gasteiger partial charge < -0.3 is 19.4 Å². The van der Waals surface area contributed by atoms with Crippen LogP contribution in [0, 0.1) is 12.7 Å². The molecule has 0 aliphatic carbocycles. The molecule has 1 aromatic carbocycles. The average Bonchev–Trinajstić information content (AvgIpc) is 3.50. The summed E-state index contributed by atoms with van der Waals surface area (Å²) in [4.78, 5) is 20.6. The van der Waals surface area contributed by atoms with E-state index in [9.17, 15) is 9.18 Å². The number of nitrogens with zero attached hydrogens (tertiary/aromatic N) is 5. The Kier molecular flexibility index (Phi) is 7.97. The van der Waals surface area contributed by atoms with Crippen molar-refractivity contribution in [3.05, 3.63) is 63.7 Å². The molecule has 0 N–H and O–H groups in total. The summed E-state index contributed by atoms with van der Waals surface area (Å²) >= 11 is 1.44. The number of hydrogen-bond acceptors (Lipinski definition) is 6. The van der Waals surface area contributed by atoms with Crippen LogP contribution in [0.25, 0.3) is 5.69 Å². The zero-order valence-electron chi connectivity index (χ0n) is 20.0. The summed E-state index contributed by atoms with van der Waals surface area (Å²) in [5.74, 6) is 0.607. The van der Waals surface area contributed by atoms with Crippen LogP contribution in [0.1, 0.15) is 27.9 Å². The first kappa shape index (κ1) is 24.4. The number of carbonyl (C=O) groups excluding carboxylic acids is 1. The molecule has 1 aliphatic rings. The zero-order chi connectivity index (χ0) is 24.1. The van der Waals surface area contributed by atoms with E-state index >= 15 is 0 Å². The maximum Gasteiger partial charge on any atom is 0.264 e. The second kappa shape index (κ2) is 11.1. The summed E-state index contributed by atoms with van der Waals surface area (Å²) in [5.41, 5.74) is 2.49. The molecular weight excluding hydrogens is 453 g/mol. The Morgan fingerprint density at radius 2 is 2.00 bits per heavy atom. The number of carbonyl (C=O) groups is 1. The predicted octanol–water partition coefficient (Wildman–Crippen LogP) is 3.81. The minimum Gasteiger partial charge on any atom is -0.383 e. The van der Waals surface area contributed by atoms with Gasteiger partial charge in [-0.25, -0.2) is 9.07 Å². The van der Waals surface area contributed by atoms with Crippen molar-refractivity contribution in [2.45, 2.75) is 20.4 Å². The van der Waals surface area contributed by atoms with E-state index in [0.29, 0.717) is 30.3 Å². The number of amides is 1. The Bertz CT molecular complexity index is 1090. The van der Waals surface area contributed by atoms with Crippen LogP contribution in [0.4, 0.5) is 10.2 Å². The van der Waals surface area contributed by atoms with Crippen LogP contribution in [-0.2, 0) is 11.3 Å². The van der Waals surface area contributed by atoms with E-state index in [1.807, 2.05) is 40.1 Å². The number of halogens is 1. The molecule has 0 spiro atoms. The highest BCUT2D eigenvalue weighted by Gasteiger charge is 2.28. The quantitative estimate of drug-likeness (QED) is 0.461. The third-order valence-corrected chi connectivity index (χ3v) is 7.12. The number of aryl methyl sites for hydroxylation is 1. The lowest BCUT2D eigenvalue weighted by molar-refractivity contribution is 0.0685. The van der Waals surface area contributed by atoms with Crippen molar-refractivity contribution in [1.82, 2.24) is 19.6 Å². The van der Waals surface area contributed by atoms with Crippen LogP contribution < -0.4 is 4.90 Å². The van der Waals surface area contributed by atoms with Gasteiger partial charge in [0.05, 0.1) is 29.4 Å². The molecule has 182 valence electrons. The van der Waals surface area contributed by atoms with Crippen LogP contribution in [0.5, 0.6) is 0 Å². The van der Waals surface area contributed by atoms with E-state index in [-0.39, 0.29) is 11.7 Å². The van der Waals surface area contributed by atoms with E-state index in [0.717, 1.165) is 49.8 Å². The summed E-state index contributed by atoms with van der Waals surface area (Å²) in [6, 6.07) is 10.2. The Morgan fingerprint density at radius 1 is 1.21 bits per heavy atom. The molecule has 0 saturated carbocycles. The number of aromatic nitrogens is 2. The number of methoxy groups -OCH3 is 1. The second-order valence-corrected chi connectivity index (χ2v) is 9.35. The minimum absolute atomic E-state index is 0.0216. The van der Waals surface area contributed by atoms with Gasteiger partial charge in [-0.2, -0.15) is 5.10 Å². The molecule has 4 rings (SSSR count). The van der Waals surface area contributed by atoms with Crippen LogP contribution in [0.2, 0.25) is 0 Å². The average molecular weight is 486 g/mol. The molecule has 7 nitrogen and oxygen atoms in total. The predicted molar refractivity (Wildman–Crippen MR) is 134 cm³/mol. The molecule has 1 amide bonds. The first-order chi connectivity index (χ1) is 16.5. The molecular formula is C25H32FN5O2S. The summed E-state index contributed by atoms with van der Waals surface area (Å²) in [6.45, 7) is 10.1. The van der Waals surface area contributed by atoms with Gasteiger partial charge >= 0.3 is 0 Å². The lowest BCUT2D eigenvalue weighted by Gasteiger charge is -2.36. The maximum atomic E-state index is 14.1. The van der Waals surface area contributed by atoms with E-state index in [1.54, 1.807) is 13.2 Å². The maximum absolute atomic E-state index is 14.1. The summed E-state index contributed by atoms with van der Waals surface area (Å²) in [6.07, 6.45) is 0. The van der Waals surface area contributed by atoms with Crippen molar-refractivity contribution in [2.24, 2.45) is 0 Å². The van der Waals surface area contributed by atoms with Crippen molar-refractivity contribution >= 4 is 23.1 Å². The van der Waals surface area contributed by atoms with E-state index in [2.05, 4.69) is 16.7 Å². The number of anilines is 1. The third kappa shape index (κ3) is 5.32. The highest BCUT2D eigenvalue weighted by atomic mass is 32.1. The SMILES string of the molecule is CCN1CCN(c2c(CN(CCOC)C(=O)c3cccs3)c(C)nn2-c2cccc(F)c2)CC1. The standard InChI is InChI=1S/C25H32FN5O2S/c1-4-28-10-12-29(13-11-28)24-22(19(2)27-31(24)21-8-5-7-20(26)17-21)18-30(14-15-33-3)25(32)23-9-6-16-34-23/h5-9,16-17H,4,10-15,18H2,1-3H3. The van der Waals surface area contributed by atoms with Crippen molar-refractivity contribution in [3.8, 4) is 5.69 Å².